The number of carbonyl (C=O) groups is 1. The molecule has 0 aliphatic rings. The van der Waals surface area contributed by atoms with Crippen molar-refractivity contribution in [2.45, 2.75) is 13.3 Å². The molecule has 5 heteroatoms. The summed E-state index contributed by atoms with van der Waals surface area (Å²) >= 11 is 5.83. The fourth-order valence-electron chi connectivity index (χ4n) is 1.85. The highest BCUT2D eigenvalue weighted by Crippen LogP contribution is 2.15. The van der Waals surface area contributed by atoms with E-state index in [0.29, 0.717) is 5.02 Å². The second kappa shape index (κ2) is 5.28. The fraction of sp³-hybridized carbons (Fsp3) is 0.143. The molecule has 2 rings (SSSR count). The summed E-state index contributed by atoms with van der Waals surface area (Å²) in [5, 5.41) is 9.41. The second-order valence-electron chi connectivity index (χ2n) is 4.22. The first-order valence-corrected chi connectivity index (χ1v) is 6.05. The van der Waals surface area contributed by atoms with Gasteiger partial charge in [-0.3, -0.25) is 9.59 Å². The third-order valence-corrected chi connectivity index (χ3v) is 3.02. The molecule has 0 atom stereocenters. The summed E-state index contributed by atoms with van der Waals surface area (Å²) in [7, 11) is 0. The van der Waals surface area contributed by atoms with Gasteiger partial charge in [-0.05, 0) is 31.2 Å². The summed E-state index contributed by atoms with van der Waals surface area (Å²) in [6.45, 7) is 1.79. The van der Waals surface area contributed by atoms with Gasteiger partial charge >= 0.3 is 5.97 Å². The van der Waals surface area contributed by atoms with Crippen LogP contribution in [0.15, 0.2) is 41.3 Å². The first kappa shape index (κ1) is 13.4. The van der Waals surface area contributed by atoms with Crippen LogP contribution in [0, 0.1) is 6.92 Å². The minimum atomic E-state index is -1.02. The second-order valence-corrected chi connectivity index (χ2v) is 4.66. The molecule has 0 saturated heterocycles. The summed E-state index contributed by atoms with van der Waals surface area (Å²) in [5.74, 6) is -1.02. The lowest BCUT2D eigenvalue weighted by atomic mass is 10.1. The molecular weight excluding hydrogens is 266 g/mol. The standard InChI is InChI=1S/C14H12ClNO3/c1-9-6-13(17)10(7-14(18)19)8-16(9)12-4-2-11(15)3-5-12/h2-6,8H,7H2,1H3,(H,18,19). The van der Waals surface area contributed by atoms with Crippen molar-refractivity contribution in [3.05, 3.63) is 63.0 Å². The van der Waals surface area contributed by atoms with Crippen molar-refractivity contribution < 1.29 is 9.90 Å². The van der Waals surface area contributed by atoms with Crippen LogP contribution in [0.3, 0.4) is 0 Å². The Kier molecular flexibility index (Phi) is 3.71. The van der Waals surface area contributed by atoms with Gasteiger partial charge in [0.2, 0.25) is 0 Å². The molecule has 0 radical (unpaired) electrons. The maximum Gasteiger partial charge on any atom is 0.308 e. The molecule has 0 aliphatic heterocycles. The van der Waals surface area contributed by atoms with Gasteiger partial charge in [-0.2, -0.15) is 0 Å². The van der Waals surface area contributed by atoms with Crippen LogP contribution in [0.5, 0.6) is 0 Å². The van der Waals surface area contributed by atoms with E-state index in [1.165, 1.54) is 6.07 Å². The number of hydrogen-bond donors (Lipinski definition) is 1. The number of pyridine rings is 1. The van der Waals surface area contributed by atoms with Crippen molar-refractivity contribution >= 4 is 17.6 Å². The Morgan fingerprint density at radius 1 is 1.32 bits per heavy atom. The normalized spacial score (nSPS) is 10.4. The lowest BCUT2D eigenvalue weighted by molar-refractivity contribution is -0.136. The predicted octanol–water partition coefficient (Wildman–Crippen LogP) is 2.43. The number of carboxylic acid groups (broad SMARTS) is 1. The monoisotopic (exact) mass is 277 g/mol. The molecule has 19 heavy (non-hydrogen) atoms. The summed E-state index contributed by atoms with van der Waals surface area (Å²) in [6.07, 6.45) is 1.28. The SMILES string of the molecule is Cc1cc(=O)c(CC(=O)O)cn1-c1ccc(Cl)cc1. The zero-order valence-electron chi connectivity index (χ0n) is 10.3. The molecule has 0 spiro atoms. The van der Waals surface area contributed by atoms with Crippen LogP contribution in [-0.4, -0.2) is 15.6 Å². The number of aliphatic carboxylic acids is 1. The molecule has 0 amide bonds. The third kappa shape index (κ3) is 3.03. The third-order valence-electron chi connectivity index (χ3n) is 2.77. The zero-order valence-corrected chi connectivity index (χ0v) is 11.0. The highest BCUT2D eigenvalue weighted by atomic mass is 35.5. The smallest absolute Gasteiger partial charge is 0.308 e. The Hall–Kier alpha value is -2.07. The van der Waals surface area contributed by atoms with Crippen LogP contribution < -0.4 is 5.43 Å². The van der Waals surface area contributed by atoms with Crippen LogP contribution >= 0.6 is 11.6 Å². The van der Waals surface area contributed by atoms with Crippen LogP contribution in [0.1, 0.15) is 11.3 Å². The average molecular weight is 278 g/mol. The Labute approximate surface area is 114 Å². The number of nitrogens with zero attached hydrogens (tertiary/aromatic N) is 1. The summed E-state index contributed by atoms with van der Waals surface area (Å²) < 4.78 is 1.77. The van der Waals surface area contributed by atoms with Crippen LogP contribution in [0.4, 0.5) is 0 Å². The van der Waals surface area contributed by atoms with Gasteiger partial charge in [0.05, 0.1) is 6.42 Å². The summed E-state index contributed by atoms with van der Waals surface area (Å²) in [5.41, 5.74) is 1.56. The zero-order chi connectivity index (χ0) is 14.0. The molecule has 0 saturated carbocycles. The van der Waals surface area contributed by atoms with Gasteiger partial charge in [0.1, 0.15) is 0 Å². The highest BCUT2D eigenvalue weighted by molar-refractivity contribution is 6.30. The lowest BCUT2D eigenvalue weighted by Gasteiger charge is -2.12. The van der Waals surface area contributed by atoms with E-state index in [9.17, 15) is 9.59 Å². The lowest BCUT2D eigenvalue weighted by Crippen LogP contribution is -2.17. The molecule has 98 valence electrons. The molecule has 0 aliphatic carbocycles. The van der Waals surface area contributed by atoms with Crippen molar-refractivity contribution in [2.75, 3.05) is 0 Å². The minimum Gasteiger partial charge on any atom is -0.481 e. The Morgan fingerprint density at radius 3 is 2.53 bits per heavy atom. The number of halogens is 1. The Bertz CT molecular complexity index is 674. The first-order valence-electron chi connectivity index (χ1n) is 5.67. The van der Waals surface area contributed by atoms with E-state index in [2.05, 4.69) is 0 Å². The quantitative estimate of drug-likeness (QED) is 0.937. The van der Waals surface area contributed by atoms with Gasteiger partial charge in [0.15, 0.2) is 5.43 Å². The maximum absolute atomic E-state index is 11.7. The fourth-order valence-corrected chi connectivity index (χ4v) is 1.97. The highest BCUT2D eigenvalue weighted by Gasteiger charge is 2.09. The van der Waals surface area contributed by atoms with E-state index in [-0.39, 0.29) is 17.4 Å². The Balaban J connectivity index is 2.54. The molecule has 4 nitrogen and oxygen atoms in total. The molecule has 0 fully saturated rings. The number of benzene rings is 1. The molecule has 1 aromatic heterocycles. The molecule has 0 bridgehead atoms. The van der Waals surface area contributed by atoms with Crippen molar-refractivity contribution in [3.8, 4) is 5.69 Å². The minimum absolute atomic E-state index is 0.257. The predicted molar refractivity (Wildman–Crippen MR) is 73.1 cm³/mol. The summed E-state index contributed by atoms with van der Waals surface area (Å²) in [6, 6.07) is 8.54. The van der Waals surface area contributed by atoms with Crippen LogP contribution in [0.2, 0.25) is 5.02 Å². The van der Waals surface area contributed by atoms with Crippen LogP contribution in [0.25, 0.3) is 5.69 Å². The molecule has 1 N–H and O–H groups in total. The molecular formula is C14H12ClNO3. The van der Waals surface area contributed by atoms with E-state index >= 15 is 0 Å². The van der Waals surface area contributed by atoms with E-state index in [0.717, 1.165) is 11.4 Å². The van der Waals surface area contributed by atoms with Crippen molar-refractivity contribution in [2.24, 2.45) is 0 Å². The van der Waals surface area contributed by atoms with Gasteiger partial charge in [-0.25, -0.2) is 0 Å². The van der Waals surface area contributed by atoms with E-state index < -0.39 is 5.97 Å². The number of aromatic nitrogens is 1. The molecule has 1 aromatic carbocycles. The largest absolute Gasteiger partial charge is 0.481 e. The first-order chi connectivity index (χ1) is 8.97. The van der Waals surface area contributed by atoms with E-state index in [1.54, 1.807) is 29.8 Å². The van der Waals surface area contributed by atoms with Crippen molar-refractivity contribution in [1.82, 2.24) is 4.57 Å². The summed E-state index contributed by atoms with van der Waals surface area (Å²) in [4.78, 5) is 22.4. The maximum atomic E-state index is 11.7. The van der Waals surface area contributed by atoms with Gasteiger partial charge in [0, 0.05) is 34.2 Å². The van der Waals surface area contributed by atoms with E-state index in [1.807, 2.05) is 12.1 Å². The molecule has 0 unspecified atom stereocenters. The number of carboxylic acids is 1. The number of hydrogen-bond acceptors (Lipinski definition) is 2. The van der Waals surface area contributed by atoms with Gasteiger partial charge < -0.3 is 9.67 Å². The average Bonchev–Trinajstić information content (AvgIpc) is 2.33. The topological polar surface area (TPSA) is 59.3 Å². The van der Waals surface area contributed by atoms with Crippen molar-refractivity contribution in [1.29, 1.82) is 0 Å². The van der Waals surface area contributed by atoms with Crippen molar-refractivity contribution in [3.63, 3.8) is 0 Å². The van der Waals surface area contributed by atoms with Gasteiger partial charge in [-0.1, -0.05) is 11.6 Å². The molecule has 1 heterocycles. The van der Waals surface area contributed by atoms with E-state index in [4.69, 9.17) is 16.7 Å². The van der Waals surface area contributed by atoms with Gasteiger partial charge in [-0.15, -0.1) is 0 Å². The Morgan fingerprint density at radius 2 is 1.95 bits per heavy atom. The number of aryl methyl sites for hydroxylation is 1. The van der Waals surface area contributed by atoms with Gasteiger partial charge in [0.25, 0.3) is 0 Å². The molecule has 2 aromatic rings. The number of rotatable bonds is 3. The van der Waals surface area contributed by atoms with Crippen LogP contribution in [-0.2, 0) is 11.2 Å².